The van der Waals surface area contributed by atoms with Crippen molar-refractivity contribution in [1.29, 1.82) is 0 Å². The van der Waals surface area contributed by atoms with Crippen molar-refractivity contribution in [3.63, 3.8) is 0 Å². The lowest BCUT2D eigenvalue weighted by molar-refractivity contribution is -0.131. The largest absolute Gasteiger partial charge is 0.449 e. The molecule has 3 amide bonds. The Balaban J connectivity index is 0.00000456. The third-order valence-corrected chi connectivity index (χ3v) is 6.00. The molecule has 3 rings (SSSR count). The van der Waals surface area contributed by atoms with Crippen LogP contribution in [0.2, 0.25) is 0 Å². The predicted molar refractivity (Wildman–Crippen MR) is 141 cm³/mol. The van der Waals surface area contributed by atoms with Crippen LogP contribution in [0.1, 0.15) is 32.3 Å². The molecule has 5 N–H and O–H groups in total. The van der Waals surface area contributed by atoms with Gasteiger partial charge in [-0.15, -0.1) is 12.4 Å². The van der Waals surface area contributed by atoms with E-state index >= 15 is 0 Å². The smallest absolute Gasteiger partial charge is 0.410 e. The van der Waals surface area contributed by atoms with Gasteiger partial charge in [0.1, 0.15) is 12.1 Å². The Morgan fingerprint density at radius 1 is 1.17 bits per heavy atom. The second-order valence-electron chi connectivity index (χ2n) is 9.40. The van der Waals surface area contributed by atoms with Crippen LogP contribution in [0.4, 0.5) is 4.79 Å². The van der Waals surface area contributed by atoms with Crippen LogP contribution >= 0.6 is 12.4 Å². The van der Waals surface area contributed by atoms with Crippen LogP contribution in [0.5, 0.6) is 0 Å². The minimum Gasteiger partial charge on any atom is -0.449 e. The van der Waals surface area contributed by atoms with Crippen LogP contribution in [-0.2, 0) is 20.7 Å². The number of nitrogens with one attached hydrogen (secondary N) is 2. The first-order valence-electron chi connectivity index (χ1n) is 12.2. The van der Waals surface area contributed by atoms with E-state index in [1.807, 2.05) is 56.3 Å². The molecule has 9 nitrogen and oxygen atoms in total. The van der Waals surface area contributed by atoms with Crippen LogP contribution in [0.3, 0.4) is 0 Å². The molecule has 0 radical (unpaired) electrons. The summed E-state index contributed by atoms with van der Waals surface area (Å²) in [5, 5.41) is 17.4. The number of halogens is 1. The highest BCUT2D eigenvalue weighted by atomic mass is 35.5. The van der Waals surface area contributed by atoms with E-state index < -0.39 is 36.1 Å². The normalized spacial score (nSPS) is 16.8. The van der Waals surface area contributed by atoms with E-state index in [4.69, 9.17) is 10.5 Å². The first kappa shape index (κ1) is 29.4. The maximum Gasteiger partial charge on any atom is 0.410 e. The Morgan fingerprint density at radius 2 is 1.89 bits per heavy atom. The van der Waals surface area contributed by atoms with Crippen LogP contribution in [0.25, 0.3) is 10.8 Å². The van der Waals surface area contributed by atoms with Crippen LogP contribution < -0.4 is 16.4 Å². The van der Waals surface area contributed by atoms with E-state index in [0.717, 1.165) is 16.3 Å². The van der Waals surface area contributed by atoms with Gasteiger partial charge in [-0.25, -0.2) is 4.79 Å². The van der Waals surface area contributed by atoms with E-state index in [0.29, 0.717) is 19.4 Å². The number of ether oxygens (including phenoxy) is 1. The number of nitrogens with zero attached hydrogens (tertiary/aromatic N) is 1. The lowest BCUT2D eigenvalue weighted by Gasteiger charge is -2.26. The molecule has 1 fully saturated rings. The van der Waals surface area contributed by atoms with Gasteiger partial charge in [0.2, 0.25) is 11.8 Å². The van der Waals surface area contributed by atoms with Crippen molar-refractivity contribution >= 4 is 41.1 Å². The highest BCUT2D eigenvalue weighted by molar-refractivity contribution is 5.92. The van der Waals surface area contributed by atoms with Gasteiger partial charge in [-0.3, -0.25) is 14.5 Å². The summed E-state index contributed by atoms with van der Waals surface area (Å²) in [6, 6.07) is 12.2. The van der Waals surface area contributed by atoms with Gasteiger partial charge in [-0.05, 0) is 35.1 Å². The predicted octanol–water partition coefficient (Wildman–Crippen LogP) is 1.98. The molecule has 36 heavy (non-hydrogen) atoms. The quantitative estimate of drug-likeness (QED) is 0.378. The maximum atomic E-state index is 13.2. The summed E-state index contributed by atoms with van der Waals surface area (Å²) in [6.45, 7) is 4.59. The fraction of sp³-hybridized carbons (Fsp3) is 0.500. The fourth-order valence-corrected chi connectivity index (χ4v) is 4.08. The van der Waals surface area contributed by atoms with Gasteiger partial charge in [0.05, 0.1) is 12.7 Å². The van der Waals surface area contributed by atoms with Crippen LogP contribution in [0, 0.1) is 5.92 Å². The molecular formula is C26H37ClN4O5. The number of carbonyl (C=O) groups excluding carboxylic acids is 3. The summed E-state index contributed by atoms with van der Waals surface area (Å²) in [4.78, 5) is 40.1. The zero-order valence-corrected chi connectivity index (χ0v) is 21.6. The minimum absolute atomic E-state index is 0. The summed E-state index contributed by atoms with van der Waals surface area (Å²) in [5.41, 5.74) is 6.32. The molecule has 1 heterocycles. The number of benzene rings is 2. The maximum absolute atomic E-state index is 13.2. The van der Waals surface area contributed by atoms with E-state index in [2.05, 4.69) is 10.6 Å². The lowest BCUT2D eigenvalue weighted by atomic mass is 10.0. The number of hydrogen-bond acceptors (Lipinski definition) is 6. The van der Waals surface area contributed by atoms with Gasteiger partial charge in [0.25, 0.3) is 0 Å². The third kappa shape index (κ3) is 8.08. The van der Waals surface area contributed by atoms with E-state index in [9.17, 15) is 19.5 Å². The Hall–Kier alpha value is -2.88. The number of nitrogens with two attached hydrogens (primary N) is 1. The summed E-state index contributed by atoms with van der Waals surface area (Å²) in [7, 11) is 0. The van der Waals surface area contributed by atoms with E-state index in [-0.39, 0.29) is 44.4 Å². The monoisotopic (exact) mass is 520 g/mol. The van der Waals surface area contributed by atoms with E-state index in [1.54, 1.807) is 0 Å². The molecule has 2 aromatic carbocycles. The molecule has 0 saturated carbocycles. The van der Waals surface area contributed by atoms with E-state index in [1.165, 1.54) is 4.90 Å². The Labute approximate surface area is 218 Å². The lowest BCUT2D eigenvalue weighted by Crippen LogP contribution is -2.54. The first-order chi connectivity index (χ1) is 16.8. The van der Waals surface area contributed by atoms with Crippen molar-refractivity contribution in [1.82, 2.24) is 15.5 Å². The topological polar surface area (TPSA) is 134 Å². The number of aliphatic hydroxyl groups excluding tert-OH is 1. The average Bonchev–Trinajstić information content (AvgIpc) is 3.35. The van der Waals surface area contributed by atoms with Gasteiger partial charge >= 0.3 is 6.09 Å². The van der Waals surface area contributed by atoms with Gasteiger partial charge in [-0.1, -0.05) is 56.3 Å². The second-order valence-corrected chi connectivity index (χ2v) is 9.40. The molecule has 0 aromatic heterocycles. The molecule has 198 valence electrons. The molecule has 1 aliphatic rings. The molecule has 2 aromatic rings. The highest BCUT2D eigenvalue weighted by Crippen LogP contribution is 2.20. The van der Waals surface area contributed by atoms with Crippen molar-refractivity contribution in [3.8, 4) is 0 Å². The molecule has 3 atom stereocenters. The van der Waals surface area contributed by atoms with Gasteiger partial charge in [-0.2, -0.15) is 0 Å². The van der Waals surface area contributed by atoms with Crippen molar-refractivity contribution in [2.75, 3.05) is 26.2 Å². The number of amides is 3. The zero-order valence-electron chi connectivity index (χ0n) is 20.8. The number of rotatable bonds is 10. The standard InChI is InChI=1S/C26H36N4O5.ClH/c1-17(2)16-35-26(34)30-11-5-8-23(30)25(33)29-22(24(32)28-15-21(31)14-27)13-18-9-10-19-6-3-4-7-20(19)12-18;/h3-4,6-7,9-10,12,17,21-23,31H,5,8,11,13-16,27H2,1-2H3,(H,28,32)(H,29,33);1H/t21?,22-,23?;/m1./s1. The number of likely N-dealkylation sites (tertiary alicyclic amines) is 1. The van der Waals surface area contributed by atoms with Crippen molar-refractivity contribution in [3.05, 3.63) is 48.0 Å². The van der Waals surface area contributed by atoms with Crippen LogP contribution in [0.15, 0.2) is 42.5 Å². The molecule has 1 saturated heterocycles. The third-order valence-electron chi connectivity index (χ3n) is 6.00. The van der Waals surface area contributed by atoms with Crippen LogP contribution in [-0.4, -0.2) is 72.3 Å². The highest BCUT2D eigenvalue weighted by Gasteiger charge is 2.37. The molecule has 2 unspecified atom stereocenters. The number of fused-ring (bicyclic) bond motifs is 1. The molecule has 1 aliphatic heterocycles. The molecular weight excluding hydrogens is 484 g/mol. The van der Waals surface area contributed by atoms with Crippen molar-refractivity contribution < 1.29 is 24.2 Å². The first-order valence-corrected chi connectivity index (χ1v) is 12.2. The van der Waals surface area contributed by atoms with Gasteiger partial charge < -0.3 is 26.2 Å². The van der Waals surface area contributed by atoms with Gasteiger partial charge in [0.15, 0.2) is 0 Å². The average molecular weight is 521 g/mol. The summed E-state index contributed by atoms with van der Waals surface area (Å²) in [5.74, 6) is -0.636. The minimum atomic E-state index is -0.886. The Morgan fingerprint density at radius 3 is 2.58 bits per heavy atom. The molecule has 0 aliphatic carbocycles. The summed E-state index contributed by atoms with van der Waals surface area (Å²) >= 11 is 0. The number of hydrogen-bond donors (Lipinski definition) is 4. The molecule has 0 bridgehead atoms. The van der Waals surface area contributed by atoms with Crippen molar-refractivity contribution in [2.24, 2.45) is 11.7 Å². The zero-order chi connectivity index (χ0) is 25.4. The second kappa shape index (κ2) is 14.0. The van der Waals surface area contributed by atoms with Crippen molar-refractivity contribution in [2.45, 2.75) is 51.3 Å². The number of carbonyl (C=O) groups is 3. The summed E-state index contributed by atoms with van der Waals surface area (Å²) in [6.07, 6.45) is 0.0405. The molecule has 10 heteroatoms. The number of aliphatic hydroxyl groups is 1. The van der Waals surface area contributed by atoms with Gasteiger partial charge in [0, 0.05) is 26.1 Å². The molecule has 0 spiro atoms. The SMILES string of the molecule is CC(C)COC(=O)N1CCCC1C(=O)N[C@H](Cc1ccc2ccccc2c1)C(=O)NCC(O)CN.Cl. The summed E-state index contributed by atoms with van der Waals surface area (Å²) < 4.78 is 5.32. The fourth-order valence-electron chi connectivity index (χ4n) is 4.08. The Bertz CT molecular complexity index is 1030. The Kier molecular flexibility index (Phi) is 11.4.